The molecule has 0 aromatic carbocycles. The minimum absolute atomic E-state index is 0. The van der Waals surface area contributed by atoms with Crippen molar-refractivity contribution < 1.29 is 0 Å². The molecule has 0 aromatic rings. The Balaban J connectivity index is 0. The fraction of sp³-hybridized carbons (Fsp3) is 1.00. The van der Waals surface area contributed by atoms with Gasteiger partial charge in [-0.05, 0) is 21.1 Å². The zero-order chi connectivity index (χ0) is 3.58. The molecule has 0 spiro atoms. The molecule has 0 aliphatic carbocycles. The molecule has 2 heteroatoms. The van der Waals surface area contributed by atoms with Crippen LogP contribution in [0, 0.1) is 0 Å². The fourth-order valence-electron chi connectivity index (χ4n) is 0. The van der Waals surface area contributed by atoms with Gasteiger partial charge >= 0.3 is 0 Å². The van der Waals surface area contributed by atoms with Gasteiger partial charge in [-0.25, -0.2) is 0 Å². The minimum atomic E-state index is 0. The third-order valence-electron chi connectivity index (χ3n) is 0. The van der Waals surface area contributed by atoms with Crippen LogP contribution in [0.5, 0.6) is 0 Å². The lowest BCUT2D eigenvalue weighted by atomic mass is 11.0. The molecule has 0 aliphatic heterocycles. The molecule has 0 rings (SSSR count). The first-order valence-corrected chi connectivity index (χ1v) is 1.34. The van der Waals surface area contributed by atoms with Crippen LogP contribution in [0.2, 0.25) is 0 Å². The zero-order valence-electron chi connectivity index (χ0n) is 3.86. The van der Waals surface area contributed by atoms with Crippen LogP contribution in [0.4, 0.5) is 0 Å². The van der Waals surface area contributed by atoms with E-state index in [1.54, 1.807) is 0 Å². The lowest BCUT2D eigenvalue weighted by Crippen LogP contribution is -1.99. The van der Waals surface area contributed by atoms with E-state index in [1.165, 1.54) is 0 Å². The van der Waals surface area contributed by atoms with E-state index in [-0.39, 0.29) is 13.5 Å². The summed E-state index contributed by atoms with van der Waals surface area (Å²) in [6.07, 6.45) is 0. The van der Waals surface area contributed by atoms with Gasteiger partial charge < -0.3 is 4.90 Å². The Morgan fingerprint density at radius 3 is 1.00 bits per heavy atom. The second-order valence-electron chi connectivity index (χ2n) is 1.34. The van der Waals surface area contributed by atoms with E-state index in [4.69, 9.17) is 0 Å². The van der Waals surface area contributed by atoms with Gasteiger partial charge in [0.05, 0.1) is 0 Å². The average Bonchev–Trinajstić information content (AvgIpc) is 0.811. The predicted octanol–water partition coefficient (Wildman–Crippen LogP) is 0.826. The van der Waals surface area contributed by atoms with Crippen LogP contribution < -0.4 is 0 Å². The van der Waals surface area contributed by atoms with Crippen molar-refractivity contribution >= 4 is 13.5 Å². The van der Waals surface area contributed by atoms with E-state index in [9.17, 15) is 0 Å². The molecule has 0 bridgehead atoms. The summed E-state index contributed by atoms with van der Waals surface area (Å²) in [7, 11) is 6.00. The van der Waals surface area contributed by atoms with Crippen molar-refractivity contribution in [3.05, 3.63) is 0 Å². The Kier molecular flexibility index (Phi) is 7.76. The van der Waals surface area contributed by atoms with Gasteiger partial charge in [-0.1, -0.05) is 0 Å². The van der Waals surface area contributed by atoms with E-state index in [0.29, 0.717) is 0 Å². The predicted molar refractivity (Wildman–Crippen MR) is 27.2 cm³/mol. The summed E-state index contributed by atoms with van der Waals surface area (Å²) in [6.45, 7) is 0. The van der Waals surface area contributed by atoms with E-state index in [2.05, 4.69) is 0 Å². The van der Waals surface area contributed by atoms with Gasteiger partial charge in [0.15, 0.2) is 0 Å². The molecule has 2 radical (unpaired) electrons. The lowest BCUT2D eigenvalue weighted by molar-refractivity contribution is 0.505. The first-order valence-electron chi connectivity index (χ1n) is 1.34. The van der Waals surface area contributed by atoms with E-state index >= 15 is 0 Å². The van der Waals surface area contributed by atoms with Crippen molar-refractivity contribution in [1.82, 2.24) is 4.90 Å². The summed E-state index contributed by atoms with van der Waals surface area (Å²) in [6, 6.07) is 0. The Labute approximate surface area is 40.4 Å². The molecule has 0 fully saturated rings. The summed E-state index contributed by atoms with van der Waals surface area (Å²) < 4.78 is 0. The molecule has 0 N–H and O–H groups in total. The SMILES string of the molecule is CN(C)C.[S]. The molecule has 5 heavy (non-hydrogen) atoms. The van der Waals surface area contributed by atoms with Gasteiger partial charge in [0.2, 0.25) is 0 Å². The molecule has 0 aromatic heterocycles. The fourth-order valence-corrected chi connectivity index (χ4v) is 0. The van der Waals surface area contributed by atoms with Gasteiger partial charge in [0.25, 0.3) is 0 Å². The molecule has 0 atom stereocenters. The maximum Gasteiger partial charge on any atom is 0 e. The third-order valence-corrected chi connectivity index (χ3v) is 0. The van der Waals surface area contributed by atoms with Crippen LogP contribution in [0.3, 0.4) is 0 Å². The van der Waals surface area contributed by atoms with Crippen molar-refractivity contribution in [3.8, 4) is 0 Å². The molecule has 1 nitrogen and oxygen atoms in total. The molecule has 32 valence electrons. The van der Waals surface area contributed by atoms with Gasteiger partial charge in [-0.3, -0.25) is 0 Å². The highest BCUT2D eigenvalue weighted by Crippen LogP contribution is 1.47. The van der Waals surface area contributed by atoms with Crippen molar-refractivity contribution in [2.75, 3.05) is 21.1 Å². The minimum Gasteiger partial charge on any atom is -0.312 e. The first kappa shape index (κ1) is 9.00. The zero-order valence-corrected chi connectivity index (χ0v) is 4.67. The monoisotopic (exact) mass is 91.0 g/mol. The highest BCUT2D eigenvalue weighted by atomic mass is 32.1. The van der Waals surface area contributed by atoms with Crippen molar-refractivity contribution in [1.29, 1.82) is 0 Å². The van der Waals surface area contributed by atoms with Crippen LogP contribution in [-0.2, 0) is 0 Å². The summed E-state index contributed by atoms with van der Waals surface area (Å²) >= 11 is 0. The smallest absolute Gasteiger partial charge is 0 e. The van der Waals surface area contributed by atoms with E-state index in [1.807, 2.05) is 26.0 Å². The van der Waals surface area contributed by atoms with E-state index < -0.39 is 0 Å². The maximum absolute atomic E-state index is 2.00. The van der Waals surface area contributed by atoms with Gasteiger partial charge in [-0.15, -0.1) is 0 Å². The Bertz CT molecular complexity index is 11.6. The van der Waals surface area contributed by atoms with Gasteiger partial charge in [0, 0.05) is 13.5 Å². The summed E-state index contributed by atoms with van der Waals surface area (Å²) in [5.74, 6) is 0. The summed E-state index contributed by atoms with van der Waals surface area (Å²) in [5.41, 5.74) is 0. The molecule has 0 saturated carbocycles. The number of hydrogen-bond acceptors (Lipinski definition) is 1. The number of hydrogen-bond donors (Lipinski definition) is 0. The summed E-state index contributed by atoms with van der Waals surface area (Å²) in [4.78, 5) is 2.00. The normalized spacial score (nSPS) is 7.20. The Morgan fingerprint density at radius 2 is 1.00 bits per heavy atom. The van der Waals surface area contributed by atoms with Crippen LogP contribution in [-0.4, -0.2) is 26.0 Å². The van der Waals surface area contributed by atoms with Crippen LogP contribution in [0.15, 0.2) is 0 Å². The molecule has 0 heterocycles. The highest BCUT2D eigenvalue weighted by molar-refractivity contribution is 7.59. The summed E-state index contributed by atoms with van der Waals surface area (Å²) in [5, 5.41) is 0. The highest BCUT2D eigenvalue weighted by Gasteiger charge is 1.58. The van der Waals surface area contributed by atoms with Crippen molar-refractivity contribution in [2.24, 2.45) is 0 Å². The standard InChI is InChI=1S/C3H9N.S/c1-4(2)3;/h1-3H3;. The Morgan fingerprint density at radius 1 is 1.00 bits per heavy atom. The number of rotatable bonds is 0. The van der Waals surface area contributed by atoms with Gasteiger partial charge in [-0.2, -0.15) is 0 Å². The molecule has 0 saturated heterocycles. The molecule has 0 amide bonds. The average molecular weight is 91.2 g/mol. The molecular weight excluding hydrogens is 82.1 g/mol. The maximum atomic E-state index is 2.00. The second kappa shape index (κ2) is 4.31. The topological polar surface area (TPSA) is 3.24 Å². The van der Waals surface area contributed by atoms with Crippen LogP contribution in [0.1, 0.15) is 0 Å². The third kappa shape index (κ3) is 239. The number of nitrogens with zero attached hydrogens (tertiary/aromatic N) is 1. The van der Waals surface area contributed by atoms with Crippen LogP contribution >= 0.6 is 13.5 Å². The van der Waals surface area contributed by atoms with Gasteiger partial charge in [0.1, 0.15) is 0 Å². The largest absolute Gasteiger partial charge is 0.312 e. The van der Waals surface area contributed by atoms with Crippen LogP contribution in [0.25, 0.3) is 0 Å². The molecule has 0 unspecified atom stereocenters. The van der Waals surface area contributed by atoms with Crippen molar-refractivity contribution in [2.45, 2.75) is 0 Å². The quantitative estimate of drug-likeness (QED) is 0.427. The van der Waals surface area contributed by atoms with E-state index in [0.717, 1.165) is 0 Å². The Hall–Kier alpha value is 0.310. The lowest BCUT2D eigenvalue weighted by Gasteiger charge is -1.90. The first-order chi connectivity index (χ1) is 1.73. The molecule has 0 aliphatic rings. The second-order valence-corrected chi connectivity index (χ2v) is 1.34. The molecular formula is C3H9NS. The van der Waals surface area contributed by atoms with Crippen molar-refractivity contribution in [3.63, 3.8) is 0 Å².